The number of amides is 2. The van der Waals surface area contributed by atoms with Crippen LogP contribution in [0, 0.1) is 5.82 Å². The molecule has 0 N–H and O–H groups in total. The Morgan fingerprint density at radius 3 is 2.41 bits per heavy atom. The van der Waals surface area contributed by atoms with Gasteiger partial charge in [-0.2, -0.15) is 0 Å². The molecule has 0 aromatic heterocycles. The first kappa shape index (κ1) is 17.7. The third-order valence-corrected chi connectivity index (χ3v) is 5.37. The van der Waals surface area contributed by atoms with Gasteiger partial charge in [0.25, 0.3) is 11.8 Å². The van der Waals surface area contributed by atoms with Gasteiger partial charge in [0.1, 0.15) is 5.82 Å². The van der Waals surface area contributed by atoms with Crippen molar-refractivity contribution in [3.8, 4) is 0 Å². The number of nitrogens with zero attached hydrogens (tertiary/aromatic N) is 3. The van der Waals surface area contributed by atoms with E-state index in [0.717, 1.165) is 43.5 Å². The van der Waals surface area contributed by atoms with E-state index in [0.29, 0.717) is 13.0 Å². The highest BCUT2D eigenvalue weighted by Crippen LogP contribution is 2.26. The molecule has 4 rings (SSSR count). The van der Waals surface area contributed by atoms with Gasteiger partial charge in [-0.05, 0) is 43.3 Å². The van der Waals surface area contributed by atoms with Crippen LogP contribution < -0.4 is 4.90 Å². The molecule has 2 heterocycles. The van der Waals surface area contributed by atoms with Crippen molar-refractivity contribution in [3.63, 3.8) is 0 Å². The lowest BCUT2D eigenvalue weighted by Crippen LogP contribution is -2.44. The van der Waals surface area contributed by atoms with Crippen molar-refractivity contribution in [1.29, 1.82) is 0 Å². The Balaban J connectivity index is 1.50. The molecule has 0 unspecified atom stereocenters. The minimum Gasteiger partial charge on any atom is -0.369 e. The Hall–Kier alpha value is -2.73. The summed E-state index contributed by atoms with van der Waals surface area (Å²) >= 11 is 0. The summed E-state index contributed by atoms with van der Waals surface area (Å²) in [6.45, 7) is 4.23. The molecule has 2 aromatic rings. The molecule has 0 saturated carbocycles. The zero-order valence-corrected chi connectivity index (χ0v) is 15.3. The summed E-state index contributed by atoms with van der Waals surface area (Å²) in [5.41, 5.74) is 2.72. The van der Waals surface area contributed by atoms with Crippen LogP contribution >= 0.6 is 0 Å². The minimum absolute atomic E-state index is 0.160. The average Bonchev–Trinajstić information content (AvgIpc) is 2.91. The maximum absolute atomic E-state index is 13.4. The van der Waals surface area contributed by atoms with Gasteiger partial charge in [0.2, 0.25) is 0 Å². The molecule has 0 spiro atoms. The molecule has 0 aliphatic carbocycles. The van der Waals surface area contributed by atoms with Gasteiger partial charge < -0.3 is 9.80 Å². The first-order valence-electron chi connectivity index (χ1n) is 9.22. The van der Waals surface area contributed by atoms with Crippen molar-refractivity contribution in [2.75, 3.05) is 44.7 Å². The van der Waals surface area contributed by atoms with E-state index in [1.807, 2.05) is 18.2 Å². The number of hydrogen-bond donors (Lipinski definition) is 0. The summed E-state index contributed by atoms with van der Waals surface area (Å²) < 4.78 is 13.4. The maximum atomic E-state index is 13.4. The Bertz CT molecular complexity index is 891. The summed E-state index contributed by atoms with van der Waals surface area (Å²) in [6.07, 6.45) is 0.580. The summed E-state index contributed by atoms with van der Waals surface area (Å²) in [4.78, 5) is 30.9. The van der Waals surface area contributed by atoms with Crippen LogP contribution in [0.15, 0.2) is 42.5 Å². The Labute approximate surface area is 158 Å². The predicted molar refractivity (Wildman–Crippen MR) is 102 cm³/mol. The number of likely N-dealkylation sites (N-methyl/N-ethyl adjacent to an activating group) is 1. The normalized spacial score (nSPS) is 17.6. The Morgan fingerprint density at radius 2 is 1.63 bits per heavy atom. The molecule has 2 amide bonds. The van der Waals surface area contributed by atoms with Crippen molar-refractivity contribution in [1.82, 2.24) is 9.80 Å². The Kier molecular flexibility index (Phi) is 4.66. The van der Waals surface area contributed by atoms with Gasteiger partial charge in [0, 0.05) is 38.4 Å². The minimum atomic E-state index is -0.503. The van der Waals surface area contributed by atoms with Crippen molar-refractivity contribution >= 4 is 17.5 Å². The zero-order chi connectivity index (χ0) is 19.0. The monoisotopic (exact) mass is 367 g/mol. The fourth-order valence-electron chi connectivity index (χ4n) is 3.78. The molecule has 2 aromatic carbocycles. The SMILES string of the molecule is CN1CCN(c2ccccc2CCN2C(=O)c3ccc(F)cc3C2=O)CC1. The van der Waals surface area contributed by atoms with E-state index in [9.17, 15) is 14.0 Å². The molecule has 1 fully saturated rings. The quantitative estimate of drug-likeness (QED) is 0.779. The Morgan fingerprint density at radius 1 is 0.926 bits per heavy atom. The van der Waals surface area contributed by atoms with E-state index < -0.39 is 11.7 Å². The van der Waals surface area contributed by atoms with Crippen LogP contribution in [0.4, 0.5) is 10.1 Å². The van der Waals surface area contributed by atoms with Crippen molar-refractivity contribution in [3.05, 3.63) is 65.0 Å². The van der Waals surface area contributed by atoms with Gasteiger partial charge >= 0.3 is 0 Å². The van der Waals surface area contributed by atoms with Crippen LogP contribution in [0.25, 0.3) is 0 Å². The number of imide groups is 1. The molecule has 27 heavy (non-hydrogen) atoms. The largest absolute Gasteiger partial charge is 0.369 e. The zero-order valence-electron chi connectivity index (χ0n) is 15.3. The molecule has 0 bridgehead atoms. The van der Waals surface area contributed by atoms with E-state index in [4.69, 9.17) is 0 Å². The number of para-hydroxylation sites is 1. The van der Waals surface area contributed by atoms with Crippen molar-refractivity contribution in [2.45, 2.75) is 6.42 Å². The second kappa shape index (κ2) is 7.12. The van der Waals surface area contributed by atoms with E-state index in [1.165, 1.54) is 17.0 Å². The first-order valence-corrected chi connectivity index (χ1v) is 9.22. The fraction of sp³-hybridized carbons (Fsp3) is 0.333. The third-order valence-electron chi connectivity index (χ3n) is 5.37. The van der Waals surface area contributed by atoms with Crippen molar-refractivity contribution in [2.24, 2.45) is 0 Å². The summed E-state index contributed by atoms with van der Waals surface area (Å²) in [5, 5.41) is 0. The molecule has 1 saturated heterocycles. The lowest BCUT2D eigenvalue weighted by atomic mass is 10.1. The second-order valence-electron chi connectivity index (χ2n) is 7.12. The van der Waals surface area contributed by atoms with Crippen LogP contribution in [0.1, 0.15) is 26.3 Å². The van der Waals surface area contributed by atoms with Gasteiger partial charge in [-0.15, -0.1) is 0 Å². The highest BCUT2D eigenvalue weighted by Gasteiger charge is 2.35. The molecule has 0 atom stereocenters. The summed E-state index contributed by atoms with van der Waals surface area (Å²) in [6, 6.07) is 11.9. The smallest absolute Gasteiger partial charge is 0.261 e. The number of rotatable bonds is 4. The van der Waals surface area contributed by atoms with Gasteiger partial charge in [-0.3, -0.25) is 14.5 Å². The van der Waals surface area contributed by atoms with E-state index in [2.05, 4.69) is 22.9 Å². The standard InChI is InChI=1S/C21H22FN3O2/c1-23-10-12-24(13-11-23)19-5-3-2-4-15(19)8-9-25-20(26)17-7-6-16(22)14-18(17)21(25)27/h2-7,14H,8-13H2,1H3. The van der Waals surface area contributed by atoms with Crippen LogP contribution in [0.3, 0.4) is 0 Å². The highest BCUT2D eigenvalue weighted by atomic mass is 19.1. The summed E-state index contributed by atoms with van der Waals surface area (Å²) in [5.74, 6) is -1.25. The molecule has 5 nitrogen and oxygen atoms in total. The molecular weight excluding hydrogens is 345 g/mol. The third kappa shape index (κ3) is 3.32. The molecule has 0 radical (unpaired) electrons. The van der Waals surface area contributed by atoms with Gasteiger partial charge in [0.05, 0.1) is 11.1 Å². The molecule has 2 aliphatic rings. The molecule has 6 heteroatoms. The molecular formula is C21H22FN3O2. The van der Waals surface area contributed by atoms with Crippen LogP contribution in [0.2, 0.25) is 0 Å². The number of carbonyl (C=O) groups is 2. The van der Waals surface area contributed by atoms with Gasteiger partial charge in [-0.25, -0.2) is 4.39 Å². The lowest BCUT2D eigenvalue weighted by Gasteiger charge is -2.35. The van der Waals surface area contributed by atoms with Gasteiger partial charge in [-0.1, -0.05) is 18.2 Å². The molecule has 140 valence electrons. The number of anilines is 1. The highest BCUT2D eigenvalue weighted by molar-refractivity contribution is 6.21. The number of hydrogen-bond acceptors (Lipinski definition) is 4. The number of halogens is 1. The molecule has 2 aliphatic heterocycles. The first-order chi connectivity index (χ1) is 13.0. The lowest BCUT2D eigenvalue weighted by molar-refractivity contribution is 0.0656. The van der Waals surface area contributed by atoms with E-state index in [1.54, 1.807) is 0 Å². The summed E-state index contributed by atoms with van der Waals surface area (Å²) in [7, 11) is 2.12. The number of piperazine rings is 1. The second-order valence-corrected chi connectivity index (χ2v) is 7.12. The number of fused-ring (bicyclic) bond motifs is 1. The van der Waals surface area contributed by atoms with Crippen molar-refractivity contribution < 1.29 is 14.0 Å². The fourth-order valence-corrected chi connectivity index (χ4v) is 3.78. The van der Waals surface area contributed by atoms with E-state index >= 15 is 0 Å². The maximum Gasteiger partial charge on any atom is 0.261 e. The predicted octanol–water partition coefficient (Wildman–Crippen LogP) is 2.42. The van der Waals surface area contributed by atoms with Crippen LogP contribution in [-0.4, -0.2) is 61.4 Å². The number of benzene rings is 2. The van der Waals surface area contributed by atoms with Gasteiger partial charge in [0.15, 0.2) is 0 Å². The topological polar surface area (TPSA) is 43.9 Å². The average molecular weight is 367 g/mol. The van der Waals surface area contributed by atoms with Crippen LogP contribution in [0.5, 0.6) is 0 Å². The number of carbonyl (C=O) groups excluding carboxylic acids is 2. The van der Waals surface area contributed by atoms with Crippen LogP contribution in [-0.2, 0) is 6.42 Å². The van der Waals surface area contributed by atoms with E-state index in [-0.39, 0.29) is 17.0 Å².